The van der Waals surface area contributed by atoms with Crippen LogP contribution >= 0.6 is 0 Å². The number of benzene rings is 3. The predicted octanol–water partition coefficient (Wildman–Crippen LogP) is 5.93. The van der Waals surface area contributed by atoms with Crippen LogP contribution in [-0.4, -0.2) is 9.97 Å². The van der Waals surface area contributed by atoms with Crippen LogP contribution in [0.1, 0.15) is 37.8 Å². The van der Waals surface area contributed by atoms with Gasteiger partial charge in [0.2, 0.25) is 11.8 Å². The van der Waals surface area contributed by atoms with E-state index in [-0.39, 0.29) is 11.8 Å². The Kier molecular flexibility index (Phi) is 5.80. The summed E-state index contributed by atoms with van der Waals surface area (Å²) in [6.45, 7) is 4.19. The van der Waals surface area contributed by atoms with Crippen LogP contribution in [-0.2, 0) is 12.8 Å². The monoisotopic (exact) mass is 452 g/mol. The van der Waals surface area contributed by atoms with E-state index in [1.165, 1.54) is 0 Å². The van der Waals surface area contributed by atoms with Gasteiger partial charge in [0, 0.05) is 11.1 Å². The Bertz CT molecular complexity index is 1490. The van der Waals surface area contributed by atoms with E-state index < -0.39 is 11.3 Å². The number of fused-ring (bicyclic) bond motifs is 2. The lowest BCUT2D eigenvalue weighted by Gasteiger charge is -2.06. The maximum Gasteiger partial charge on any atom is 0.347 e. The van der Waals surface area contributed by atoms with Gasteiger partial charge in [-0.15, -0.1) is 0 Å². The molecule has 34 heavy (non-hydrogen) atoms. The van der Waals surface area contributed by atoms with Crippen LogP contribution in [0.2, 0.25) is 0 Å². The fraction of sp³-hybridized carbons (Fsp3) is 0.214. The van der Waals surface area contributed by atoms with Gasteiger partial charge < -0.3 is 8.83 Å². The lowest BCUT2D eigenvalue weighted by molar-refractivity contribution is 0.516. The van der Waals surface area contributed by atoms with E-state index in [2.05, 4.69) is 23.8 Å². The quantitative estimate of drug-likeness (QED) is 0.317. The highest BCUT2D eigenvalue weighted by molar-refractivity contribution is 5.80. The van der Waals surface area contributed by atoms with Gasteiger partial charge in [0.1, 0.15) is 0 Å². The summed E-state index contributed by atoms with van der Waals surface area (Å²) in [6, 6.07) is 18.5. The van der Waals surface area contributed by atoms with Crippen molar-refractivity contribution in [1.82, 2.24) is 9.97 Å². The molecule has 0 aliphatic carbocycles. The van der Waals surface area contributed by atoms with Crippen molar-refractivity contribution in [2.75, 3.05) is 0 Å². The predicted molar refractivity (Wildman–Crippen MR) is 133 cm³/mol. The molecule has 0 fully saturated rings. The average molecular weight is 453 g/mol. The third-order valence-electron chi connectivity index (χ3n) is 5.84. The fourth-order valence-corrected chi connectivity index (χ4v) is 4.13. The largest absolute Gasteiger partial charge is 0.403 e. The minimum atomic E-state index is -0.410. The number of aryl methyl sites for hydroxylation is 2. The highest BCUT2D eigenvalue weighted by Gasteiger charge is 2.12. The molecule has 3 aromatic carbocycles. The summed E-state index contributed by atoms with van der Waals surface area (Å²) in [6.07, 6.45) is 3.80. The molecule has 0 aliphatic rings. The highest BCUT2D eigenvalue weighted by atomic mass is 16.4. The number of hydrogen-bond acceptors (Lipinski definition) is 6. The van der Waals surface area contributed by atoms with E-state index in [0.29, 0.717) is 32.9 Å². The molecule has 6 nitrogen and oxygen atoms in total. The van der Waals surface area contributed by atoms with Gasteiger partial charge in [0.25, 0.3) is 0 Å². The second-order valence-electron chi connectivity index (χ2n) is 8.39. The molecule has 170 valence electrons. The third-order valence-corrected chi connectivity index (χ3v) is 5.84. The van der Waals surface area contributed by atoms with Crippen molar-refractivity contribution in [2.24, 2.45) is 0 Å². The van der Waals surface area contributed by atoms with Crippen molar-refractivity contribution >= 4 is 21.8 Å². The van der Waals surface area contributed by atoms with E-state index in [4.69, 9.17) is 8.83 Å². The number of aromatic nitrogens is 2. The Balaban J connectivity index is 1.49. The van der Waals surface area contributed by atoms with Crippen LogP contribution in [0.3, 0.4) is 0 Å². The summed E-state index contributed by atoms with van der Waals surface area (Å²) in [5, 5.41) is 0.964. The van der Waals surface area contributed by atoms with Crippen LogP contribution in [0.5, 0.6) is 0 Å². The fourth-order valence-electron chi connectivity index (χ4n) is 4.13. The Morgan fingerprint density at radius 1 is 0.618 bits per heavy atom. The maximum absolute atomic E-state index is 12.6. The lowest BCUT2D eigenvalue weighted by Crippen LogP contribution is -2.04. The first kappa shape index (κ1) is 21.8. The smallest absolute Gasteiger partial charge is 0.347 e. The van der Waals surface area contributed by atoms with E-state index >= 15 is 0 Å². The average Bonchev–Trinajstić information content (AvgIpc) is 2.85. The molecule has 0 saturated carbocycles. The van der Waals surface area contributed by atoms with Crippen molar-refractivity contribution in [3.63, 3.8) is 0 Å². The molecule has 0 aliphatic heterocycles. The molecule has 0 bridgehead atoms. The summed E-state index contributed by atoms with van der Waals surface area (Å²) in [4.78, 5) is 34.2. The maximum atomic E-state index is 12.6. The topological polar surface area (TPSA) is 86.2 Å². The molecular formula is C28H24N2O4. The van der Waals surface area contributed by atoms with Crippen LogP contribution in [0.15, 0.2) is 79.1 Å². The van der Waals surface area contributed by atoms with E-state index in [0.717, 1.165) is 36.8 Å². The molecule has 0 saturated heterocycles. The van der Waals surface area contributed by atoms with Crippen molar-refractivity contribution < 1.29 is 8.83 Å². The van der Waals surface area contributed by atoms with Gasteiger partial charge in [-0.3, -0.25) is 0 Å². The molecule has 0 radical (unpaired) electrons. The van der Waals surface area contributed by atoms with Gasteiger partial charge in [-0.2, -0.15) is 0 Å². The van der Waals surface area contributed by atoms with Crippen LogP contribution in [0.25, 0.3) is 44.7 Å². The first-order valence-electron chi connectivity index (χ1n) is 11.5. The van der Waals surface area contributed by atoms with Crippen molar-refractivity contribution in [2.45, 2.75) is 39.5 Å². The molecule has 2 heterocycles. The third kappa shape index (κ3) is 4.15. The summed E-state index contributed by atoms with van der Waals surface area (Å²) in [7, 11) is 0. The Labute approximate surface area is 195 Å². The van der Waals surface area contributed by atoms with Crippen LogP contribution in [0.4, 0.5) is 0 Å². The minimum absolute atomic E-state index is 0.240. The molecule has 6 heteroatoms. The number of nitrogens with zero attached hydrogens (tertiary/aromatic N) is 2. The second-order valence-corrected chi connectivity index (χ2v) is 8.39. The number of hydrogen-bond donors (Lipinski definition) is 0. The van der Waals surface area contributed by atoms with Gasteiger partial charge in [-0.25, -0.2) is 19.6 Å². The zero-order chi connectivity index (χ0) is 23.7. The molecular weight excluding hydrogens is 428 g/mol. The molecule has 0 atom stereocenters. The zero-order valence-corrected chi connectivity index (χ0v) is 19.1. The van der Waals surface area contributed by atoms with Gasteiger partial charge in [-0.1, -0.05) is 38.8 Å². The first-order valence-corrected chi connectivity index (χ1v) is 11.5. The zero-order valence-electron chi connectivity index (χ0n) is 19.1. The Morgan fingerprint density at radius 2 is 1.03 bits per heavy atom. The SMILES string of the molecule is CCCc1ccc2nc(-c3ccc(-c4nc5ccc(CCC)cc5c(=O)o4)cc3)oc(=O)c2c1. The van der Waals surface area contributed by atoms with Gasteiger partial charge in [-0.05, 0) is 72.5 Å². The highest BCUT2D eigenvalue weighted by Crippen LogP contribution is 2.24. The first-order chi connectivity index (χ1) is 16.6. The second kappa shape index (κ2) is 9.06. The van der Waals surface area contributed by atoms with Gasteiger partial charge >= 0.3 is 11.3 Å². The molecule has 2 aromatic heterocycles. The molecule has 0 spiro atoms. The Morgan fingerprint density at radius 3 is 1.41 bits per heavy atom. The Hall–Kier alpha value is -4.06. The molecule has 0 N–H and O–H groups in total. The van der Waals surface area contributed by atoms with Crippen molar-refractivity contribution in [3.8, 4) is 22.9 Å². The summed E-state index contributed by atoms with van der Waals surface area (Å²) >= 11 is 0. The van der Waals surface area contributed by atoms with E-state index in [1.54, 1.807) is 24.3 Å². The normalized spacial score (nSPS) is 11.4. The van der Waals surface area contributed by atoms with Crippen LogP contribution < -0.4 is 11.3 Å². The lowest BCUT2D eigenvalue weighted by atomic mass is 10.1. The van der Waals surface area contributed by atoms with Crippen molar-refractivity contribution in [1.29, 1.82) is 0 Å². The summed E-state index contributed by atoms with van der Waals surface area (Å²) in [5.41, 5.74) is 3.85. The van der Waals surface area contributed by atoms with Gasteiger partial charge in [0.05, 0.1) is 21.8 Å². The molecule has 0 amide bonds. The number of rotatable bonds is 6. The van der Waals surface area contributed by atoms with E-state index in [9.17, 15) is 9.59 Å². The molecule has 0 unspecified atom stereocenters. The van der Waals surface area contributed by atoms with E-state index in [1.807, 2.05) is 36.4 Å². The summed E-state index contributed by atoms with van der Waals surface area (Å²) < 4.78 is 11.0. The van der Waals surface area contributed by atoms with Gasteiger partial charge in [0.15, 0.2) is 0 Å². The standard InChI is InChI=1S/C28H24N2O4/c1-3-5-17-7-13-23-21(15-17)27(31)33-25(29-23)19-9-11-20(12-10-19)26-30-24-14-8-18(6-4-2)16-22(24)28(32)34-26/h7-16H,3-6H2,1-2H3. The summed E-state index contributed by atoms with van der Waals surface area (Å²) in [5.74, 6) is 0.479. The van der Waals surface area contributed by atoms with Crippen LogP contribution in [0, 0.1) is 0 Å². The molecule has 5 rings (SSSR count). The van der Waals surface area contributed by atoms with Crippen molar-refractivity contribution in [3.05, 3.63) is 92.6 Å². The minimum Gasteiger partial charge on any atom is -0.403 e. The molecule has 5 aromatic rings.